The van der Waals surface area contributed by atoms with E-state index in [1.165, 1.54) is 0 Å². The topological polar surface area (TPSA) is 134 Å². The number of nitrogens with zero attached hydrogens (tertiary/aromatic N) is 4. The normalized spacial score (nSPS) is 16.6. The first-order valence-electron chi connectivity index (χ1n) is 12.8. The Labute approximate surface area is 216 Å². The number of imidazole rings is 2. The highest BCUT2D eigenvalue weighted by molar-refractivity contribution is 6.01. The molecule has 0 aliphatic heterocycles. The predicted molar refractivity (Wildman–Crippen MR) is 148 cm³/mol. The van der Waals surface area contributed by atoms with Crippen molar-refractivity contribution in [1.82, 2.24) is 19.9 Å². The Morgan fingerprint density at radius 1 is 0.722 bits per heavy atom. The van der Waals surface area contributed by atoms with E-state index in [0.29, 0.717) is 23.8 Å². The molecule has 6 N–H and O–H groups in total. The summed E-state index contributed by atoms with van der Waals surface area (Å²) in [6, 6.07) is 13.0. The van der Waals surface area contributed by atoms with E-state index in [-0.39, 0.29) is 12.4 Å². The standard InChI is InChI=1S/C27H32N8.ClH/c28-26(30-18-8-9-18)16-6-12-20-22(14-16)34-24(32-20)4-2-1-3-5-25-33-21-13-7-17(15-23(21)35-25)27(29)31-19-10-11-19;/h6-7,12-15,18-19H,1-5,8-11H2,(H2,28,30)(H2,29,31)(H,32,34)(H,33,35);1H. The maximum absolute atomic E-state index is 6.16. The quantitative estimate of drug-likeness (QED) is 0.143. The molecule has 2 aromatic carbocycles. The number of amidine groups is 2. The molecule has 9 heteroatoms. The van der Waals surface area contributed by atoms with Gasteiger partial charge in [0, 0.05) is 24.0 Å². The van der Waals surface area contributed by atoms with E-state index in [9.17, 15) is 0 Å². The number of aromatic amines is 2. The lowest BCUT2D eigenvalue weighted by molar-refractivity contribution is 0.656. The van der Waals surface area contributed by atoms with Crippen LogP contribution in [0.3, 0.4) is 0 Å². The highest BCUT2D eigenvalue weighted by Gasteiger charge is 2.21. The van der Waals surface area contributed by atoms with Crippen molar-refractivity contribution < 1.29 is 0 Å². The van der Waals surface area contributed by atoms with E-state index in [4.69, 9.17) is 21.4 Å². The molecule has 0 radical (unpaired) electrons. The molecule has 2 aromatic heterocycles. The van der Waals surface area contributed by atoms with Gasteiger partial charge in [-0.2, -0.15) is 0 Å². The summed E-state index contributed by atoms with van der Waals surface area (Å²) in [5.74, 6) is 3.30. The zero-order valence-electron chi connectivity index (χ0n) is 20.3. The number of benzene rings is 2. The van der Waals surface area contributed by atoms with Crippen molar-refractivity contribution in [2.75, 3.05) is 0 Å². The molecule has 188 valence electrons. The van der Waals surface area contributed by atoms with Gasteiger partial charge in [0.05, 0.1) is 34.2 Å². The SMILES string of the molecule is Cl.NC(=NC1CC1)c1ccc2nc(CCCCCc3nc4ccc(C(N)=NC5CC5)cc4[nH]3)[nH]c2c1. The summed E-state index contributed by atoms with van der Waals surface area (Å²) in [6.07, 6.45) is 9.74. The van der Waals surface area contributed by atoms with Crippen LogP contribution >= 0.6 is 12.4 Å². The number of H-pyrrole nitrogens is 2. The lowest BCUT2D eigenvalue weighted by atomic mass is 10.1. The molecule has 0 amide bonds. The summed E-state index contributed by atoms with van der Waals surface area (Å²) in [5, 5.41) is 0. The number of aliphatic imine (C=N–C) groups is 2. The third kappa shape index (κ3) is 5.70. The van der Waals surface area contributed by atoms with Crippen LogP contribution < -0.4 is 11.5 Å². The van der Waals surface area contributed by atoms with Crippen LogP contribution in [-0.4, -0.2) is 43.7 Å². The van der Waals surface area contributed by atoms with Crippen molar-refractivity contribution in [3.63, 3.8) is 0 Å². The van der Waals surface area contributed by atoms with Crippen LogP contribution in [0.25, 0.3) is 22.1 Å². The second kappa shape index (κ2) is 10.3. The minimum Gasteiger partial charge on any atom is -0.383 e. The van der Waals surface area contributed by atoms with Crippen molar-refractivity contribution in [2.45, 2.75) is 69.9 Å². The molecule has 6 rings (SSSR count). The van der Waals surface area contributed by atoms with Gasteiger partial charge in [-0.3, -0.25) is 9.98 Å². The number of nitrogens with two attached hydrogens (primary N) is 2. The summed E-state index contributed by atoms with van der Waals surface area (Å²) in [6.45, 7) is 0. The molecule has 0 unspecified atom stereocenters. The second-order valence-electron chi connectivity index (χ2n) is 9.88. The number of unbranched alkanes of at least 4 members (excludes halogenated alkanes) is 2. The predicted octanol–water partition coefficient (Wildman–Crippen LogP) is 4.55. The number of halogens is 1. The van der Waals surface area contributed by atoms with Crippen LogP contribution in [-0.2, 0) is 12.8 Å². The Bertz CT molecular complexity index is 1320. The van der Waals surface area contributed by atoms with Gasteiger partial charge >= 0.3 is 0 Å². The van der Waals surface area contributed by atoms with E-state index in [1.54, 1.807) is 0 Å². The van der Waals surface area contributed by atoms with Crippen LogP contribution in [0.1, 0.15) is 67.7 Å². The Hall–Kier alpha value is -3.39. The Morgan fingerprint density at radius 3 is 1.58 bits per heavy atom. The average Bonchev–Trinajstić information content (AvgIpc) is 3.76. The molecule has 8 nitrogen and oxygen atoms in total. The van der Waals surface area contributed by atoms with Gasteiger partial charge < -0.3 is 21.4 Å². The molecule has 0 atom stereocenters. The molecule has 0 spiro atoms. The Morgan fingerprint density at radius 2 is 1.17 bits per heavy atom. The Kier molecular flexibility index (Phi) is 6.96. The average molecular weight is 505 g/mol. The fourth-order valence-corrected chi connectivity index (χ4v) is 4.39. The van der Waals surface area contributed by atoms with Crippen molar-refractivity contribution >= 4 is 46.1 Å². The van der Waals surface area contributed by atoms with Crippen molar-refractivity contribution in [2.24, 2.45) is 21.5 Å². The van der Waals surface area contributed by atoms with Crippen molar-refractivity contribution in [3.05, 3.63) is 59.2 Å². The summed E-state index contributed by atoms with van der Waals surface area (Å²) >= 11 is 0. The molecule has 2 aliphatic carbocycles. The summed E-state index contributed by atoms with van der Waals surface area (Å²) < 4.78 is 0. The van der Waals surface area contributed by atoms with Crippen LogP contribution in [0, 0.1) is 0 Å². The first-order chi connectivity index (χ1) is 17.1. The monoisotopic (exact) mass is 504 g/mol. The van der Waals surface area contributed by atoms with Gasteiger partial charge in [0.15, 0.2) is 0 Å². The molecule has 0 saturated heterocycles. The van der Waals surface area contributed by atoms with Gasteiger partial charge in [-0.15, -0.1) is 12.4 Å². The number of rotatable bonds is 10. The number of aromatic nitrogens is 4. The maximum Gasteiger partial charge on any atom is 0.125 e. The van der Waals surface area contributed by atoms with E-state index in [2.05, 4.69) is 32.1 Å². The van der Waals surface area contributed by atoms with Crippen molar-refractivity contribution in [1.29, 1.82) is 0 Å². The number of nitrogens with one attached hydrogen (secondary N) is 2. The van der Waals surface area contributed by atoms with Crippen LogP contribution in [0.2, 0.25) is 0 Å². The van der Waals surface area contributed by atoms with Gasteiger partial charge in [0.25, 0.3) is 0 Å². The fraction of sp³-hybridized carbons (Fsp3) is 0.407. The minimum atomic E-state index is 0. The summed E-state index contributed by atoms with van der Waals surface area (Å²) in [4.78, 5) is 25.5. The highest BCUT2D eigenvalue weighted by atomic mass is 35.5. The van der Waals surface area contributed by atoms with E-state index >= 15 is 0 Å². The van der Waals surface area contributed by atoms with E-state index in [1.807, 2.05) is 24.3 Å². The van der Waals surface area contributed by atoms with Gasteiger partial charge in [-0.05, 0) is 74.9 Å². The first-order valence-corrected chi connectivity index (χ1v) is 12.8. The molecular weight excluding hydrogens is 472 g/mol. The molecule has 2 fully saturated rings. The largest absolute Gasteiger partial charge is 0.383 e. The third-order valence-electron chi connectivity index (χ3n) is 6.72. The third-order valence-corrected chi connectivity index (χ3v) is 6.72. The minimum absolute atomic E-state index is 0. The van der Waals surface area contributed by atoms with Gasteiger partial charge in [-0.1, -0.05) is 6.42 Å². The highest BCUT2D eigenvalue weighted by Crippen LogP contribution is 2.25. The van der Waals surface area contributed by atoms with Crippen molar-refractivity contribution in [3.8, 4) is 0 Å². The summed E-state index contributed by atoms with van der Waals surface area (Å²) in [7, 11) is 0. The summed E-state index contributed by atoms with van der Waals surface area (Å²) in [5.41, 5.74) is 18.3. The van der Waals surface area contributed by atoms with Crippen LogP contribution in [0.15, 0.2) is 46.4 Å². The number of aryl methyl sites for hydroxylation is 2. The fourth-order valence-electron chi connectivity index (χ4n) is 4.39. The zero-order valence-corrected chi connectivity index (χ0v) is 21.2. The number of hydrogen-bond donors (Lipinski definition) is 4. The van der Waals surface area contributed by atoms with E-state index in [0.717, 1.165) is 103 Å². The molecular formula is C27H33ClN8. The molecule has 0 bridgehead atoms. The first kappa shape index (κ1) is 24.3. The second-order valence-corrected chi connectivity index (χ2v) is 9.88. The molecule has 2 aliphatic rings. The molecule has 2 saturated carbocycles. The molecule has 2 heterocycles. The molecule has 36 heavy (non-hydrogen) atoms. The van der Waals surface area contributed by atoms with E-state index < -0.39 is 0 Å². The lowest BCUT2D eigenvalue weighted by Gasteiger charge is -2.00. The molecule has 4 aromatic rings. The maximum atomic E-state index is 6.16. The number of fused-ring (bicyclic) bond motifs is 2. The number of hydrogen-bond acceptors (Lipinski definition) is 4. The van der Waals surface area contributed by atoms with Gasteiger partial charge in [0.2, 0.25) is 0 Å². The van der Waals surface area contributed by atoms with Gasteiger partial charge in [-0.25, -0.2) is 9.97 Å². The van der Waals surface area contributed by atoms with Crippen LogP contribution in [0.5, 0.6) is 0 Å². The Balaban J connectivity index is 0.00000267. The zero-order chi connectivity index (χ0) is 23.8. The smallest absolute Gasteiger partial charge is 0.125 e. The lowest BCUT2D eigenvalue weighted by Crippen LogP contribution is -2.14. The van der Waals surface area contributed by atoms with Gasteiger partial charge in [0.1, 0.15) is 23.3 Å². The van der Waals surface area contributed by atoms with Crippen LogP contribution in [0.4, 0.5) is 0 Å².